The van der Waals surface area contributed by atoms with Crippen molar-refractivity contribution in [2.75, 3.05) is 0 Å². The summed E-state index contributed by atoms with van der Waals surface area (Å²) in [5.74, 6) is 0. The van der Waals surface area contributed by atoms with Gasteiger partial charge >= 0.3 is 0 Å². The summed E-state index contributed by atoms with van der Waals surface area (Å²) in [6, 6.07) is 0. The SMILES string of the molecule is CC=CC(C)(N)CC. The van der Waals surface area contributed by atoms with E-state index in [2.05, 4.69) is 6.92 Å². The minimum absolute atomic E-state index is 0.0885. The van der Waals surface area contributed by atoms with Gasteiger partial charge in [0.2, 0.25) is 0 Å². The molecule has 1 atom stereocenters. The van der Waals surface area contributed by atoms with E-state index < -0.39 is 0 Å². The molecule has 0 aromatic heterocycles. The highest BCUT2D eigenvalue weighted by Crippen LogP contribution is 2.04. The fourth-order valence-corrected chi connectivity index (χ4v) is 0.499. The van der Waals surface area contributed by atoms with Gasteiger partial charge in [-0.15, -0.1) is 0 Å². The van der Waals surface area contributed by atoms with Gasteiger partial charge in [-0.3, -0.25) is 0 Å². The number of hydrogen-bond acceptors (Lipinski definition) is 1. The Hall–Kier alpha value is -0.300. The van der Waals surface area contributed by atoms with Crippen LogP contribution >= 0.6 is 0 Å². The normalized spacial score (nSPS) is 19.0. The van der Waals surface area contributed by atoms with Gasteiger partial charge in [0.1, 0.15) is 0 Å². The standard InChI is InChI=1S/C7H15N/c1-4-6-7(3,8)5-2/h4,6H,5,8H2,1-3H3. The Balaban J connectivity index is 3.71. The minimum Gasteiger partial charge on any atom is -0.322 e. The molecule has 0 bridgehead atoms. The molecule has 0 aliphatic rings. The molecular formula is C7H15N. The van der Waals surface area contributed by atoms with Crippen molar-refractivity contribution in [2.45, 2.75) is 32.7 Å². The Morgan fingerprint density at radius 2 is 2.12 bits per heavy atom. The second-order valence-electron chi connectivity index (χ2n) is 2.36. The molecule has 0 aromatic rings. The van der Waals surface area contributed by atoms with E-state index in [9.17, 15) is 0 Å². The van der Waals surface area contributed by atoms with Gasteiger partial charge < -0.3 is 5.73 Å². The molecule has 2 N–H and O–H groups in total. The number of allylic oxidation sites excluding steroid dienone is 1. The van der Waals surface area contributed by atoms with Crippen LogP contribution in [0.25, 0.3) is 0 Å². The van der Waals surface area contributed by atoms with Gasteiger partial charge in [0.25, 0.3) is 0 Å². The third-order valence-corrected chi connectivity index (χ3v) is 1.31. The molecule has 1 nitrogen and oxygen atoms in total. The van der Waals surface area contributed by atoms with Gasteiger partial charge in [-0.2, -0.15) is 0 Å². The Morgan fingerprint density at radius 3 is 2.25 bits per heavy atom. The van der Waals surface area contributed by atoms with Crippen LogP contribution < -0.4 is 5.73 Å². The fourth-order valence-electron chi connectivity index (χ4n) is 0.499. The van der Waals surface area contributed by atoms with Crippen LogP contribution in [-0.4, -0.2) is 5.54 Å². The van der Waals surface area contributed by atoms with Crippen molar-refractivity contribution in [2.24, 2.45) is 5.73 Å². The molecule has 0 saturated carbocycles. The van der Waals surface area contributed by atoms with Crippen LogP contribution in [0.15, 0.2) is 12.2 Å². The third-order valence-electron chi connectivity index (χ3n) is 1.31. The molecule has 0 saturated heterocycles. The predicted molar refractivity (Wildman–Crippen MR) is 37.7 cm³/mol. The van der Waals surface area contributed by atoms with Crippen molar-refractivity contribution < 1.29 is 0 Å². The van der Waals surface area contributed by atoms with Crippen LogP contribution in [0.2, 0.25) is 0 Å². The third kappa shape index (κ3) is 2.80. The van der Waals surface area contributed by atoms with Crippen molar-refractivity contribution in [3.8, 4) is 0 Å². The molecule has 0 rings (SSSR count). The number of rotatable bonds is 2. The zero-order valence-electron chi connectivity index (χ0n) is 5.94. The van der Waals surface area contributed by atoms with Gasteiger partial charge in [-0.1, -0.05) is 19.1 Å². The van der Waals surface area contributed by atoms with E-state index in [1.165, 1.54) is 0 Å². The first-order chi connectivity index (χ1) is 3.62. The van der Waals surface area contributed by atoms with E-state index >= 15 is 0 Å². The molecule has 0 aliphatic carbocycles. The van der Waals surface area contributed by atoms with Crippen molar-refractivity contribution in [1.29, 1.82) is 0 Å². The quantitative estimate of drug-likeness (QED) is 0.542. The highest BCUT2D eigenvalue weighted by molar-refractivity contribution is 4.99. The van der Waals surface area contributed by atoms with Crippen LogP contribution in [0.5, 0.6) is 0 Å². The zero-order valence-corrected chi connectivity index (χ0v) is 5.94. The lowest BCUT2D eigenvalue weighted by Crippen LogP contribution is -2.32. The monoisotopic (exact) mass is 113 g/mol. The summed E-state index contributed by atoms with van der Waals surface area (Å²) in [6.07, 6.45) is 5.01. The second-order valence-corrected chi connectivity index (χ2v) is 2.36. The van der Waals surface area contributed by atoms with E-state index in [1.54, 1.807) is 0 Å². The molecule has 0 aliphatic heterocycles. The van der Waals surface area contributed by atoms with Crippen molar-refractivity contribution in [3.05, 3.63) is 12.2 Å². The summed E-state index contributed by atoms with van der Waals surface area (Å²) in [5.41, 5.74) is 5.65. The molecule has 0 spiro atoms. The van der Waals surface area contributed by atoms with E-state index in [0.29, 0.717) is 0 Å². The van der Waals surface area contributed by atoms with Crippen LogP contribution in [0.3, 0.4) is 0 Å². The van der Waals surface area contributed by atoms with Crippen LogP contribution in [0.1, 0.15) is 27.2 Å². The lowest BCUT2D eigenvalue weighted by Gasteiger charge is -2.16. The lowest BCUT2D eigenvalue weighted by atomic mass is 10.0. The molecule has 0 radical (unpaired) electrons. The van der Waals surface area contributed by atoms with Gasteiger partial charge in [-0.25, -0.2) is 0 Å². The maximum atomic E-state index is 5.74. The molecular weight excluding hydrogens is 98.1 g/mol. The lowest BCUT2D eigenvalue weighted by molar-refractivity contribution is 0.563. The molecule has 1 heteroatoms. The topological polar surface area (TPSA) is 26.0 Å². The summed E-state index contributed by atoms with van der Waals surface area (Å²) in [4.78, 5) is 0. The van der Waals surface area contributed by atoms with Crippen molar-refractivity contribution in [3.63, 3.8) is 0 Å². The largest absolute Gasteiger partial charge is 0.322 e. The number of nitrogens with two attached hydrogens (primary N) is 1. The summed E-state index contributed by atoms with van der Waals surface area (Å²) < 4.78 is 0. The zero-order chi connectivity index (χ0) is 6.62. The second kappa shape index (κ2) is 2.88. The first kappa shape index (κ1) is 7.70. The molecule has 48 valence electrons. The van der Waals surface area contributed by atoms with Crippen molar-refractivity contribution in [1.82, 2.24) is 0 Å². The van der Waals surface area contributed by atoms with Gasteiger partial charge in [0.05, 0.1) is 0 Å². The van der Waals surface area contributed by atoms with Crippen LogP contribution in [0.4, 0.5) is 0 Å². The number of hydrogen-bond donors (Lipinski definition) is 1. The molecule has 0 fully saturated rings. The Morgan fingerprint density at radius 1 is 1.62 bits per heavy atom. The molecule has 0 amide bonds. The average Bonchev–Trinajstić information content (AvgIpc) is 1.67. The summed E-state index contributed by atoms with van der Waals surface area (Å²) >= 11 is 0. The van der Waals surface area contributed by atoms with E-state index in [1.807, 2.05) is 26.0 Å². The Bertz CT molecular complexity index is 82.4. The van der Waals surface area contributed by atoms with Crippen molar-refractivity contribution >= 4 is 0 Å². The van der Waals surface area contributed by atoms with Gasteiger partial charge in [0.15, 0.2) is 0 Å². The maximum Gasteiger partial charge on any atom is 0.0307 e. The van der Waals surface area contributed by atoms with E-state index in [0.717, 1.165) is 6.42 Å². The highest BCUT2D eigenvalue weighted by atomic mass is 14.7. The van der Waals surface area contributed by atoms with Gasteiger partial charge in [-0.05, 0) is 20.3 Å². The van der Waals surface area contributed by atoms with Crippen LogP contribution in [0, 0.1) is 0 Å². The fraction of sp³-hybridized carbons (Fsp3) is 0.714. The summed E-state index contributed by atoms with van der Waals surface area (Å²) in [5, 5.41) is 0. The minimum atomic E-state index is -0.0885. The van der Waals surface area contributed by atoms with Crippen LogP contribution in [-0.2, 0) is 0 Å². The van der Waals surface area contributed by atoms with Gasteiger partial charge in [0, 0.05) is 5.54 Å². The summed E-state index contributed by atoms with van der Waals surface area (Å²) in [7, 11) is 0. The van der Waals surface area contributed by atoms with E-state index in [4.69, 9.17) is 5.73 Å². The molecule has 1 unspecified atom stereocenters. The Labute approximate surface area is 51.6 Å². The van der Waals surface area contributed by atoms with E-state index in [-0.39, 0.29) is 5.54 Å². The molecule has 0 aromatic carbocycles. The summed E-state index contributed by atoms with van der Waals surface area (Å²) in [6.45, 7) is 6.09. The molecule has 0 heterocycles. The highest BCUT2D eigenvalue weighted by Gasteiger charge is 2.08. The smallest absolute Gasteiger partial charge is 0.0307 e. The molecule has 8 heavy (non-hydrogen) atoms. The first-order valence-electron chi connectivity index (χ1n) is 3.05. The average molecular weight is 113 g/mol. The predicted octanol–water partition coefficient (Wildman–Crippen LogP) is 1.69. The first-order valence-corrected chi connectivity index (χ1v) is 3.05. The maximum absolute atomic E-state index is 5.74. The Kier molecular flexibility index (Phi) is 2.77.